The number of nitrogens with one attached hydrogen (secondary N) is 2. The van der Waals surface area contributed by atoms with Crippen LogP contribution in [0.5, 0.6) is 0 Å². The number of amides is 1. The lowest BCUT2D eigenvalue weighted by Crippen LogP contribution is -2.36. The standard InChI is InChI=1S/C16H19FN4O/c1-11(20-16(22)9-18-13-6-7-13)12-8-19-21(10-12)15-5-3-2-4-14(15)17/h2-5,8,10-11,13,18H,6-7,9H2,1H3,(H,20,22)/t11-/m0/s1. The second-order valence-electron chi connectivity index (χ2n) is 5.61. The van der Waals surface area contributed by atoms with Gasteiger partial charge in [0.15, 0.2) is 0 Å². The Bertz CT molecular complexity index is 666. The summed E-state index contributed by atoms with van der Waals surface area (Å²) < 4.78 is 15.2. The molecule has 116 valence electrons. The summed E-state index contributed by atoms with van der Waals surface area (Å²) in [4.78, 5) is 11.8. The molecule has 0 radical (unpaired) electrons. The van der Waals surface area contributed by atoms with E-state index in [1.165, 1.54) is 10.7 Å². The van der Waals surface area contributed by atoms with Crippen molar-refractivity contribution in [2.75, 3.05) is 6.54 Å². The molecule has 0 aliphatic heterocycles. The quantitative estimate of drug-likeness (QED) is 0.857. The number of benzene rings is 1. The van der Waals surface area contributed by atoms with Gasteiger partial charge in [0.1, 0.15) is 11.5 Å². The highest BCUT2D eigenvalue weighted by Gasteiger charge is 2.21. The molecule has 2 aromatic rings. The number of halogens is 1. The highest BCUT2D eigenvalue weighted by molar-refractivity contribution is 5.78. The molecule has 0 bridgehead atoms. The molecule has 1 amide bonds. The molecule has 0 unspecified atom stereocenters. The summed E-state index contributed by atoms with van der Waals surface area (Å²) in [7, 11) is 0. The number of carbonyl (C=O) groups is 1. The molecule has 22 heavy (non-hydrogen) atoms. The summed E-state index contributed by atoms with van der Waals surface area (Å²) in [6.07, 6.45) is 5.68. The Morgan fingerprint density at radius 1 is 1.45 bits per heavy atom. The number of para-hydroxylation sites is 1. The fraction of sp³-hybridized carbons (Fsp3) is 0.375. The minimum Gasteiger partial charge on any atom is -0.348 e. The SMILES string of the molecule is C[C@H](NC(=O)CNC1CC1)c1cnn(-c2ccccc2F)c1. The van der Waals surface area contributed by atoms with E-state index >= 15 is 0 Å². The summed E-state index contributed by atoms with van der Waals surface area (Å²) in [5.74, 6) is -0.375. The fourth-order valence-electron chi connectivity index (χ4n) is 2.23. The van der Waals surface area contributed by atoms with Crippen LogP contribution in [0, 0.1) is 5.82 Å². The summed E-state index contributed by atoms with van der Waals surface area (Å²) in [5, 5.41) is 10.2. The van der Waals surface area contributed by atoms with Crippen LogP contribution in [0.3, 0.4) is 0 Å². The van der Waals surface area contributed by atoms with Crippen LogP contribution in [-0.2, 0) is 4.79 Å². The summed E-state index contributed by atoms with van der Waals surface area (Å²) in [6, 6.07) is 6.78. The van der Waals surface area contributed by atoms with Crippen LogP contribution < -0.4 is 10.6 Å². The first-order chi connectivity index (χ1) is 10.6. The first kappa shape index (κ1) is 14.7. The smallest absolute Gasteiger partial charge is 0.234 e. The minimum atomic E-state index is -0.331. The molecule has 1 fully saturated rings. The Morgan fingerprint density at radius 3 is 2.95 bits per heavy atom. The number of rotatable bonds is 6. The van der Waals surface area contributed by atoms with Crippen LogP contribution in [0.1, 0.15) is 31.4 Å². The Labute approximate surface area is 128 Å². The van der Waals surface area contributed by atoms with E-state index < -0.39 is 0 Å². The Balaban J connectivity index is 1.62. The van der Waals surface area contributed by atoms with Gasteiger partial charge in [-0.1, -0.05) is 12.1 Å². The number of hydrogen-bond acceptors (Lipinski definition) is 3. The van der Waals surface area contributed by atoms with Crippen molar-refractivity contribution < 1.29 is 9.18 Å². The van der Waals surface area contributed by atoms with Gasteiger partial charge >= 0.3 is 0 Å². The predicted octanol–water partition coefficient (Wildman–Crippen LogP) is 1.94. The van der Waals surface area contributed by atoms with Gasteiger partial charge in [0.25, 0.3) is 0 Å². The molecule has 0 saturated heterocycles. The van der Waals surface area contributed by atoms with E-state index in [9.17, 15) is 9.18 Å². The molecule has 2 N–H and O–H groups in total. The van der Waals surface area contributed by atoms with Crippen molar-refractivity contribution in [3.8, 4) is 5.69 Å². The second kappa shape index (κ2) is 6.27. The first-order valence-corrected chi connectivity index (χ1v) is 7.45. The van der Waals surface area contributed by atoms with Crippen molar-refractivity contribution >= 4 is 5.91 Å². The van der Waals surface area contributed by atoms with E-state index in [1.54, 1.807) is 30.6 Å². The van der Waals surface area contributed by atoms with Gasteiger partial charge in [-0.2, -0.15) is 5.10 Å². The van der Waals surface area contributed by atoms with Crippen LogP contribution in [0.4, 0.5) is 4.39 Å². The monoisotopic (exact) mass is 302 g/mol. The molecule has 0 spiro atoms. The first-order valence-electron chi connectivity index (χ1n) is 7.45. The average Bonchev–Trinajstić information content (AvgIpc) is 3.20. The maximum absolute atomic E-state index is 13.7. The molecule has 1 heterocycles. The molecule has 5 nitrogen and oxygen atoms in total. The van der Waals surface area contributed by atoms with Gasteiger partial charge in [-0.15, -0.1) is 0 Å². The number of nitrogens with zero attached hydrogens (tertiary/aromatic N) is 2. The molecule has 1 aromatic heterocycles. The van der Waals surface area contributed by atoms with E-state index in [0.29, 0.717) is 18.3 Å². The van der Waals surface area contributed by atoms with Gasteiger partial charge in [0, 0.05) is 17.8 Å². The van der Waals surface area contributed by atoms with Crippen LogP contribution in [0.2, 0.25) is 0 Å². The zero-order valence-electron chi connectivity index (χ0n) is 12.4. The number of aromatic nitrogens is 2. The molecular weight excluding hydrogens is 283 g/mol. The van der Waals surface area contributed by atoms with Crippen LogP contribution in [0.25, 0.3) is 5.69 Å². The molecular formula is C16H19FN4O. The van der Waals surface area contributed by atoms with Gasteiger partial charge in [-0.05, 0) is 31.9 Å². The van der Waals surface area contributed by atoms with Crippen molar-refractivity contribution in [3.05, 3.63) is 48.0 Å². The average molecular weight is 302 g/mol. The topological polar surface area (TPSA) is 59.0 Å². The number of hydrogen-bond donors (Lipinski definition) is 2. The zero-order valence-corrected chi connectivity index (χ0v) is 12.4. The Morgan fingerprint density at radius 2 is 2.23 bits per heavy atom. The van der Waals surface area contributed by atoms with E-state index in [1.807, 2.05) is 6.92 Å². The third-order valence-electron chi connectivity index (χ3n) is 3.71. The van der Waals surface area contributed by atoms with Gasteiger partial charge in [-0.3, -0.25) is 4.79 Å². The van der Waals surface area contributed by atoms with Gasteiger partial charge in [-0.25, -0.2) is 9.07 Å². The van der Waals surface area contributed by atoms with Gasteiger partial charge in [0.2, 0.25) is 5.91 Å². The highest BCUT2D eigenvalue weighted by atomic mass is 19.1. The van der Waals surface area contributed by atoms with Crippen LogP contribution >= 0.6 is 0 Å². The molecule has 3 rings (SSSR count). The molecule has 1 atom stereocenters. The molecule has 1 aliphatic carbocycles. The second-order valence-corrected chi connectivity index (χ2v) is 5.61. The lowest BCUT2D eigenvalue weighted by molar-refractivity contribution is -0.120. The third kappa shape index (κ3) is 3.51. The Kier molecular flexibility index (Phi) is 4.20. The summed E-state index contributed by atoms with van der Waals surface area (Å²) >= 11 is 0. The highest BCUT2D eigenvalue weighted by Crippen LogP contribution is 2.18. The largest absolute Gasteiger partial charge is 0.348 e. The lowest BCUT2D eigenvalue weighted by Gasteiger charge is -2.12. The summed E-state index contributed by atoms with van der Waals surface area (Å²) in [6.45, 7) is 2.22. The number of carbonyl (C=O) groups excluding carboxylic acids is 1. The maximum Gasteiger partial charge on any atom is 0.234 e. The van der Waals surface area contributed by atoms with Crippen molar-refractivity contribution in [1.82, 2.24) is 20.4 Å². The van der Waals surface area contributed by atoms with E-state index in [-0.39, 0.29) is 17.8 Å². The van der Waals surface area contributed by atoms with E-state index in [4.69, 9.17) is 0 Å². The summed E-state index contributed by atoms with van der Waals surface area (Å²) in [5.41, 5.74) is 1.23. The van der Waals surface area contributed by atoms with Gasteiger partial charge in [0.05, 0.1) is 18.8 Å². The molecule has 6 heteroatoms. The lowest BCUT2D eigenvalue weighted by atomic mass is 10.2. The normalized spacial score (nSPS) is 15.5. The van der Waals surface area contributed by atoms with E-state index in [0.717, 1.165) is 18.4 Å². The zero-order chi connectivity index (χ0) is 15.5. The third-order valence-corrected chi connectivity index (χ3v) is 3.71. The fourth-order valence-corrected chi connectivity index (χ4v) is 2.23. The van der Waals surface area contributed by atoms with Crippen LogP contribution in [0.15, 0.2) is 36.7 Å². The maximum atomic E-state index is 13.7. The van der Waals surface area contributed by atoms with Crippen molar-refractivity contribution in [3.63, 3.8) is 0 Å². The Hall–Kier alpha value is -2.21. The van der Waals surface area contributed by atoms with E-state index in [2.05, 4.69) is 15.7 Å². The predicted molar refractivity (Wildman–Crippen MR) is 81.1 cm³/mol. The van der Waals surface area contributed by atoms with Crippen molar-refractivity contribution in [2.45, 2.75) is 31.8 Å². The van der Waals surface area contributed by atoms with Crippen molar-refractivity contribution in [1.29, 1.82) is 0 Å². The van der Waals surface area contributed by atoms with Crippen LogP contribution in [-0.4, -0.2) is 28.3 Å². The minimum absolute atomic E-state index is 0.0435. The molecule has 1 aromatic carbocycles. The van der Waals surface area contributed by atoms with Gasteiger partial charge < -0.3 is 10.6 Å². The van der Waals surface area contributed by atoms with Crippen molar-refractivity contribution in [2.24, 2.45) is 0 Å². The molecule has 1 saturated carbocycles. The molecule has 1 aliphatic rings.